The van der Waals surface area contributed by atoms with Crippen LogP contribution in [0.3, 0.4) is 0 Å². The van der Waals surface area contributed by atoms with Crippen LogP contribution in [-0.2, 0) is 15.1 Å². The molecule has 1 saturated carbocycles. The molecule has 2 N–H and O–H groups in total. The number of anilines is 1. The molecule has 0 spiro atoms. The summed E-state index contributed by atoms with van der Waals surface area (Å²) in [6.45, 7) is 3.55. The number of para-hydroxylation sites is 1. The smallest absolute Gasteiger partial charge is 0.313 e. The van der Waals surface area contributed by atoms with Crippen molar-refractivity contribution in [3.63, 3.8) is 0 Å². The lowest BCUT2D eigenvalue weighted by Crippen LogP contribution is -2.54. The van der Waals surface area contributed by atoms with Gasteiger partial charge in [0.15, 0.2) is 5.82 Å². The van der Waals surface area contributed by atoms with Gasteiger partial charge in [0.25, 0.3) is 0 Å². The van der Waals surface area contributed by atoms with E-state index in [1.54, 1.807) is 19.1 Å². The molecule has 2 aromatic rings. The van der Waals surface area contributed by atoms with Gasteiger partial charge in [-0.2, -0.15) is 4.98 Å². The number of hydrogen-bond acceptors (Lipinski definition) is 5. The number of nitrogens with one attached hydrogen (secondary N) is 2. The molecule has 7 heteroatoms. The fraction of sp³-hybridized carbons (Fsp3) is 0.375. The lowest BCUT2D eigenvalue weighted by Gasteiger charge is -2.39. The summed E-state index contributed by atoms with van der Waals surface area (Å²) >= 11 is 0. The summed E-state index contributed by atoms with van der Waals surface area (Å²) < 4.78 is 4.99. The highest BCUT2D eigenvalue weighted by Crippen LogP contribution is 2.39. The normalized spacial score (nSPS) is 15.6. The minimum absolute atomic E-state index is 0.429. The Morgan fingerprint density at radius 2 is 1.91 bits per heavy atom. The fourth-order valence-electron chi connectivity index (χ4n) is 2.59. The highest BCUT2D eigenvalue weighted by atomic mass is 16.5. The Hall–Kier alpha value is -2.70. The zero-order chi connectivity index (χ0) is 16.4. The Kier molecular flexibility index (Phi) is 3.85. The summed E-state index contributed by atoms with van der Waals surface area (Å²) in [6, 6.07) is 7.29. The monoisotopic (exact) mass is 314 g/mol. The minimum atomic E-state index is -0.703. The highest BCUT2D eigenvalue weighted by Gasteiger charge is 2.45. The number of hydrogen-bond donors (Lipinski definition) is 2. The average Bonchev–Trinajstić information content (AvgIpc) is 2.91. The Balaban J connectivity index is 1.70. The van der Waals surface area contributed by atoms with Crippen molar-refractivity contribution < 1.29 is 14.1 Å². The highest BCUT2D eigenvalue weighted by molar-refractivity contribution is 6.39. The summed E-state index contributed by atoms with van der Waals surface area (Å²) in [6.07, 6.45) is 2.32. The summed E-state index contributed by atoms with van der Waals surface area (Å²) in [4.78, 5) is 28.6. The maximum atomic E-state index is 12.2. The van der Waals surface area contributed by atoms with E-state index in [0.717, 1.165) is 12.0 Å². The third kappa shape index (κ3) is 2.94. The van der Waals surface area contributed by atoms with Crippen LogP contribution in [0.15, 0.2) is 28.8 Å². The van der Waals surface area contributed by atoms with E-state index in [9.17, 15) is 9.59 Å². The zero-order valence-electron chi connectivity index (χ0n) is 13.0. The number of carbonyl (C=O) groups is 2. The molecule has 1 aliphatic rings. The molecule has 1 heterocycles. The SMILES string of the molecule is Cc1nc(C2(NC(=O)C(=O)Nc3ccccc3C)CCC2)no1. The molecule has 1 aromatic carbocycles. The van der Waals surface area contributed by atoms with Crippen LogP contribution in [-0.4, -0.2) is 22.0 Å². The van der Waals surface area contributed by atoms with Crippen molar-refractivity contribution in [3.8, 4) is 0 Å². The van der Waals surface area contributed by atoms with Crippen molar-refractivity contribution in [2.24, 2.45) is 0 Å². The van der Waals surface area contributed by atoms with Crippen LogP contribution in [0.5, 0.6) is 0 Å². The molecule has 7 nitrogen and oxygen atoms in total. The maximum absolute atomic E-state index is 12.2. The van der Waals surface area contributed by atoms with Crippen molar-refractivity contribution >= 4 is 17.5 Å². The van der Waals surface area contributed by atoms with Crippen LogP contribution < -0.4 is 10.6 Å². The Labute approximate surface area is 133 Å². The molecule has 0 aliphatic heterocycles. The Morgan fingerprint density at radius 1 is 1.17 bits per heavy atom. The summed E-state index contributed by atoms with van der Waals surface area (Å²) in [5, 5.41) is 9.27. The van der Waals surface area contributed by atoms with E-state index < -0.39 is 17.4 Å². The Morgan fingerprint density at radius 3 is 2.48 bits per heavy atom. The van der Waals surface area contributed by atoms with Gasteiger partial charge in [-0.25, -0.2) is 0 Å². The number of carbonyl (C=O) groups excluding carboxylic acids is 2. The molecule has 2 amide bonds. The van der Waals surface area contributed by atoms with Gasteiger partial charge in [-0.15, -0.1) is 0 Å². The van der Waals surface area contributed by atoms with E-state index >= 15 is 0 Å². The molecule has 120 valence electrons. The zero-order valence-corrected chi connectivity index (χ0v) is 13.0. The van der Waals surface area contributed by atoms with E-state index in [-0.39, 0.29) is 0 Å². The van der Waals surface area contributed by atoms with Crippen LogP contribution in [0.25, 0.3) is 0 Å². The molecule has 3 rings (SSSR count). The van der Waals surface area contributed by atoms with Gasteiger partial charge in [0.2, 0.25) is 5.89 Å². The van der Waals surface area contributed by atoms with Crippen molar-refractivity contribution in [1.29, 1.82) is 0 Å². The van der Waals surface area contributed by atoms with Crippen molar-refractivity contribution in [2.45, 2.75) is 38.6 Å². The molecule has 1 aliphatic carbocycles. The quantitative estimate of drug-likeness (QED) is 0.842. The standard InChI is InChI=1S/C16H18N4O3/c1-10-6-3-4-7-12(10)18-13(21)14(22)19-16(8-5-9-16)15-17-11(2)23-20-15/h3-4,6-7H,5,8-9H2,1-2H3,(H,18,21)(H,19,22). The van der Waals surface area contributed by atoms with Gasteiger partial charge in [0, 0.05) is 12.6 Å². The molecule has 0 atom stereocenters. The number of nitrogens with zero attached hydrogens (tertiary/aromatic N) is 2. The lowest BCUT2D eigenvalue weighted by molar-refractivity contribution is -0.138. The summed E-state index contributed by atoms with van der Waals surface area (Å²) in [5.41, 5.74) is 0.810. The van der Waals surface area contributed by atoms with Crippen LogP contribution >= 0.6 is 0 Å². The third-order valence-corrected chi connectivity index (χ3v) is 4.12. The van der Waals surface area contributed by atoms with E-state index in [1.165, 1.54) is 0 Å². The molecule has 0 bridgehead atoms. The second kappa shape index (κ2) is 5.83. The van der Waals surface area contributed by atoms with E-state index in [2.05, 4.69) is 20.8 Å². The van der Waals surface area contributed by atoms with Gasteiger partial charge in [-0.3, -0.25) is 9.59 Å². The molecule has 0 unspecified atom stereocenters. The van der Waals surface area contributed by atoms with Crippen LogP contribution in [0.2, 0.25) is 0 Å². The largest absolute Gasteiger partial charge is 0.340 e. The number of amides is 2. The maximum Gasteiger partial charge on any atom is 0.313 e. The molecule has 1 aromatic heterocycles. The van der Waals surface area contributed by atoms with Gasteiger partial charge in [-0.1, -0.05) is 23.4 Å². The van der Waals surface area contributed by atoms with Gasteiger partial charge in [0.1, 0.15) is 5.54 Å². The number of benzene rings is 1. The number of aromatic nitrogens is 2. The summed E-state index contributed by atoms with van der Waals surface area (Å²) in [7, 11) is 0. The second-order valence-electron chi connectivity index (χ2n) is 5.80. The minimum Gasteiger partial charge on any atom is -0.340 e. The molecule has 23 heavy (non-hydrogen) atoms. The first-order valence-electron chi connectivity index (χ1n) is 7.50. The van der Waals surface area contributed by atoms with Gasteiger partial charge in [0.05, 0.1) is 0 Å². The van der Waals surface area contributed by atoms with Crippen LogP contribution in [0.1, 0.15) is 36.5 Å². The molecule has 1 fully saturated rings. The van der Waals surface area contributed by atoms with Gasteiger partial charge in [-0.05, 0) is 37.8 Å². The van der Waals surface area contributed by atoms with Gasteiger partial charge < -0.3 is 15.2 Å². The molecular formula is C16H18N4O3. The summed E-state index contributed by atoms with van der Waals surface area (Å²) in [5.74, 6) is -0.538. The molecular weight excluding hydrogens is 296 g/mol. The van der Waals surface area contributed by atoms with E-state index in [0.29, 0.717) is 30.2 Å². The predicted molar refractivity (Wildman–Crippen MR) is 82.5 cm³/mol. The third-order valence-electron chi connectivity index (χ3n) is 4.12. The average molecular weight is 314 g/mol. The second-order valence-corrected chi connectivity index (χ2v) is 5.80. The van der Waals surface area contributed by atoms with E-state index in [1.807, 2.05) is 19.1 Å². The molecule has 0 radical (unpaired) electrons. The first kappa shape index (κ1) is 15.2. The van der Waals surface area contributed by atoms with Crippen LogP contribution in [0, 0.1) is 13.8 Å². The van der Waals surface area contributed by atoms with E-state index in [4.69, 9.17) is 4.52 Å². The van der Waals surface area contributed by atoms with Crippen molar-refractivity contribution in [1.82, 2.24) is 15.5 Å². The first-order chi connectivity index (χ1) is 11.0. The topological polar surface area (TPSA) is 97.1 Å². The predicted octanol–water partition coefficient (Wildman–Crippen LogP) is 1.82. The van der Waals surface area contributed by atoms with Gasteiger partial charge >= 0.3 is 11.8 Å². The number of rotatable bonds is 3. The molecule has 0 saturated heterocycles. The van der Waals surface area contributed by atoms with Crippen molar-refractivity contribution in [2.75, 3.05) is 5.32 Å². The first-order valence-corrected chi connectivity index (χ1v) is 7.50. The number of aryl methyl sites for hydroxylation is 2. The fourth-order valence-corrected chi connectivity index (χ4v) is 2.59. The van der Waals surface area contributed by atoms with Crippen molar-refractivity contribution in [3.05, 3.63) is 41.5 Å². The Bertz CT molecular complexity index is 749. The lowest BCUT2D eigenvalue weighted by atomic mass is 9.76. The van der Waals surface area contributed by atoms with Crippen LogP contribution in [0.4, 0.5) is 5.69 Å².